The molecule has 1 heterocycles. The Hall–Kier alpha value is -1.63. The summed E-state index contributed by atoms with van der Waals surface area (Å²) in [5.41, 5.74) is 6.10. The number of nitriles is 1. The monoisotopic (exact) mass is 165 g/mol. The first-order valence-corrected chi connectivity index (χ1v) is 3.54. The van der Waals surface area contributed by atoms with Crippen LogP contribution >= 0.6 is 0 Å². The Labute approximate surface area is 69.6 Å². The Morgan fingerprint density at radius 3 is 2.92 bits per heavy atom. The molecule has 0 saturated carbocycles. The second-order valence-corrected chi connectivity index (χ2v) is 2.34. The Bertz CT molecular complexity index is 341. The molecule has 0 radical (unpaired) electrons. The molecule has 0 aliphatic carbocycles. The van der Waals surface area contributed by atoms with Crippen molar-refractivity contribution in [3.8, 4) is 6.07 Å². The zero-order valence-electron chi connectivity index (χ0n) is 6.63. The molecule has 62 valence electrons. The molecule has 0 spiro atoms. The molecule has 1 rings (SSSR count). The van der Waals surface area contributed by atoms with Crippen LogP contribution in [0.4, 0.5) is 10.1 Å². The first kappa shape index (κ1) is 8.47. The minimum Gasteiger partial charge on any atom is -0.395 e. The van der Waals surface area contributed by atoms with Gasteiger partial charge in [0.2, 0.25) is 5.95 Å². The van der Waals surface area contributed by atoms with E-state index in [0.717, 1.165) is 0 Å². The summed E-state index contributed by atoms with van der Waals surface area (Å²) in [5, 5.41) is 8.45. The molecule has 1 aromatic heterocycles. The summed E-state index contributed by atoms with van der Waals surface area (Å²) >= 11 is 0. The maximum atomic E-state index is 12.8. The van der Waals surface area contributed by atoms with Crippen LogP contribution in [0.5, 0.6) is 0 Å². The van der Waals surface area contributed by atoms with Crippen molar-refractivity contribution in [2.24, 2.45) is 0 Å². The van der Waals surface area contributed by atoms with Crippen molar-refractivity contribution < 1.29 is 4.39 Å². The molecular weight excluding hydrogens is 157 g/mol. The van der Waals surface area contributed by atoms with Crippen LogP contribution in [0.2, 0.25) is 0 Å². The van der Waals surface area contributed by atoms with E-state index < -0.39 is 5.95 Å². The van der Waals surface area contributed by atoms with Gasteiger partial charge in [-0.15, -0.1) is 0 Å². The van der Waals surface area contributed by atoms with Crippen molar-refractivity contribution in [2.75, 3.05) is 5.73 Å². The average Bonchev–Trinajstić information content (AvgIpc) is 2.09. The van der Waals surface area contributed by atoms with Crippen LogP contribution in [0.1, 0.15) is 18.2 Å². The molecule has 0 amide bonds. The lowest BCUT2D eigenvalue weighted by Gasteiger charge is -2.02. The number of aromatic nitrogens is 1. The van der Waals surface area contributed by atoms with Gasteiger partial charge >= 0.3 is 0 Å². The topological polar surface area (TPSA) is 62.7 Å². The molecule has 2 N–H and O–H groups in total. The molecule has 0 aromatic carbocycles. The molecule has 0 unspecified atom stereocenters. The van der Waals surface area contributed by atoms with E-state index in [4.69, 9.17) is 11.0 Å². The fraction of sp³-hybridized carbons (Fsp3) is 0.250. The van der Waals surface area contributed by atoms with Gasteiger partial charge in [-0.1, -0.05) is 6.92 Å². The zero-order valence-corrected chi connectivity index (χ0v) is 6.63. The molecule has 0 atom stereocenters. The third kappa shape index (κ3) is 1.35. The molecule has 3 nitrogen and oxygen atoms in total. The van der Waals surface area contributed by atoms with Gasteiger partial charge in [0.25, 0.3) is 0 Å². The second-order valence-electron chi connectivity index (χ2n) is 2.34. The van der Waals surface area contributed by atoms with Gasteiger partial charge in [0.15, 0.2) is 0 Å². The predicted molar refractivity (Wildman–Crippen MR) is 42.7 cm³/mol. The Morgan fingerprint density at radius 2 is 2.42 bits per heavy atom. The first-order valence-electron chi connectivity index (χ1n) is 3.54. The highest BCUT2D eigenvalue weighted by molar-refractivity contribution is 5.48. The van der Waals surface area contributed by atoms with Crippen LogP contribution < -0.4 is 5.73 Å². The highest BCUT2D eigenvalue weighted by Gasteiger charge is 2.07. The molecule has 0 aliphatic heterocycles. The molecule has 1 aromatic rings. The Balaban J connectivity index is 3.31. The third-order valence-electron chi connectivity index (χ3n) is 1.59. The number of rotatable bonds is 1. The molecule has 0 aliphatic rings. The fourth-order valence-electron chi connectivity index (χ4n) is 0.923. The van der Waals surface area contributed by atoms with Crippen molar-refractivity contribution in [1.29, 1.82) is 5.26 Å². The first-order chi connectivity index (χ1) is 5.69. The van der Waals surface area contributed by atoms with E-state index in [1.54, 1.807) is 6.07 Å². The number of nitrogens with two attached hydrogens (primary N) is 1. The van der Waals surface area contributed by atoms with Crippen molar-refractivity contribution in [3.63, 3.8) is 0 Å². The minimum absolute atomic E-state index is 0.0384. The third-order valence-corrected chi connectivity index (χ3v) is 1.59. The van der Waals surface area contributed by atoms with E-state index in [1.807, 2.05) is 6.92 Å². The van der Waals surface area contributed by atoms with E-state index in [2.05, 4.69) is 4.98 Å². The van der Waals surface area contributed by atoms with Gasteiger partial charge in [-0.25, -0.2) is 4.98 Å². The van der Waals surface area contributed by atoms with E-state index in [1.165, 1.54) is 6.07 Å². The Morgan fingerprint density at radius 1 is 1.75 bits per heavy atom. The van der Waals surface area contributed by atoms with Crippen LogP contribution in [-0.4, -0.2) is 4.98 Å². The standard InChI is InChI=1S/C8H8FN3/c1-2-5-3-6(4-10)12-8(9)7(5)11/h3H,2,11H2,1H3. The SMILES string of the molecule is CCc1cc(C#N)nc(F)c1N. The van der Waals surface area contributed by atoms with Gasteiger partial charge < -0.3 is 5.73 Å². The van der Waals surface area contributed by atoms with Crippen LogP contribution in [-0.2, 0) is 6.42 Å². The van der Waals surface area contributed by atoms with Gasteiger partial charge in [-0.05, 0) is 18.1 Å². The van der Waals surface area contributed by atoms with E-state index >= 15 is 0 Å². The van der Waals surface area contributed by atoms with E-state index in [9.17, 15) is 4.39 Å². The van der Waals surface area contributed by atoms with Crippen LogP contribution in [0.15, 0.2) is 6.07 Å². The number of hydrogen-bond donors (Lipinski definition) is 1. The summed E-state index contributed by atoms with van der Waals surface area (Å²) in [4.78, 5) is 3.35. The van der Waals surface area contributed by atoms with E-state index in [-0.39, 0.29) is 11.4 Å². The molecule has 0 bridgehead atoms. The van der Waals surface area contributed by atoms with Gasteiger partial charge in [0.1, 0.15) is 11.8 Å². The predicted octanol–water partition coefficient (Wildman–Crippen LogP) is 1.24. The summed E-state index contributed by atoms with van der Waals surface area (Å²) in [7, 11) is 0. The quantitative estimate of drug-likeness (QED) is 0.636. The lowest BCUT2D eigenvalue weighted by molar-refractivity contribution is 0.585. The van der Waals surface area contributed by atoms with Gasteiger partial charge in [-0.3, -0.25) is 0 Å². The van der Waals surface area contributed by atoms with Gasteiger partial charge in [0, 0.05) is 0 Å². The minimum atomic E-state index is -0.758. The normalized spacial score (nSPS) is 9.42. The van der Waals surface area contributed by atoms with Crippen LogP contribution in [0.25, 0.3) is 0 Å². The number of aryl methyl sites for hydroxylation is 1. The maximum Gasteiger partial charge on any atom is 0.237 e. The highest BCUT2D eigenvalue weighted by atomic mass is 19.1. The molecule has 0 fully saturated rings. The number of halogens is 1. The largest absolute Gasteiger partial charge is 0.395 e. The number of anilines is 1. The van der Waals surface area contributed by atoms with Gasteiger partial charge in [0.05, 0.1) is 5.69 Å². The van der Waals surface area contributed by atoms with Crippen molar-refractivity contribution in [2.45, 2.75) is 13.3 Å². The Kier molecular flexibility index (Phi) is 2.24. The van der Waals surface area contributed by atoms with Gasteiger partial charge in [-0.2, -0.15) is 9.65 Å². The van der Waals surface area contributed by atoms with E-state index in [0.29, 0.717) is 12.0 Å². The highest BCUT2D eigenvalue weighted by Crippen LogP contribution is 2.15. The maximum absolute atomic E-state index is 12.8. The second kappa shape index (κ2) is 3.18. The molecule has 0 saturated heterocycles. The van der Waals surface area contributed by atoms with Crippen molar-refractivity contribution in [3.05, 3.63) is 23.3 Å². The fourth-order valence-corrected chi connectivity index (χ4v) is 0.923. The summed E-state index contributed by atoms with van der Waals surface area (Å²) < 4.78 is 12.8. The van der Waals surface area contributed by atoms with Crippen molar-refractivity contribution >= 4 is 5.69 Å². The summed E-state index contributed by atoms with van der Waals surface area (Å²) in [6.07, 6.45) is 0.597. The summed E-state index contributed by atoms with van der Waals surface area (Å²) in [5.74, 6) is -0.758. The number of nitrogen functional groups attached to an aromatic ring is 1. The summed E-state index contributed by atoms with van der Waals surface area (Å²) in [6, 6.07) is 3.26. The lowest BCUT2D eigenvalue weighted by atomic mass is 10.1. The number of nitrogens with zero attached hydrogens (tertiary/aromatic N) is 2. The molecule has 4 heteroatoms. The summed E-state index contributed by atoms with van der Waals surface area (Å²) in [6.45, 7) is 1.84. The number of hydrogen-bond acceptors (Lipinski definition) is 3. The van der Waals surface area contributed by atoms with Crippen LogP contribution in [0.3, 0.4) is 0 Å². The molecular formula is C8H8FN3. The smallest absolute Gasteiger partial charge is 0.237 e. The van der Waals surface area contributed by atoms with Crippen LogP contribution in [0, 0.1) is 17.3 Å². The zero-order chi connectivity index (χ0) is 9.14. The average molecular weight is 165 g/mol. The lowest BCUT2D eigenvalue weighted by Crippen LogP contribution is -2.01. The molecule has 12 heavy (non-hydrogen) atoms. The van der Waals surface area contributed by atoms with Crippen molar-refractivity contribution in [1.82, 2.24) is 4.98 Å². The number of pyridine rings is 1.